The molecule has 1 aliphatic rings. The number of carbonyl (C=O) groups is 2. The summed E-state index contributed by atoms with van der Waals surface area (Å²) in [4.78, 5) is 31.0. The molecule has 0 spiro atoms. The predicted molar refractivity (Wildman–Crippen MR) is 144 cm³/mol. The van der Waals surface area contributed by atoms with Gasteiger partial charge in [0.2, 0.25) is 11.8 Å². The fraction of sp³-hybridized carbons (Fsp3) is 0.333. The monoisotopic (exact) mass is 503 g/mol. The number of nitrogens with one attached hydrogen (secondary N) is 1. The number of halogens is 1. The Hall–Kier alpha value is -3.71. The fourth-order valence-corrected chi connectivity index (χ4v) is 4.60. The molecule has 6 nitrogen and oxygen atoms in total. The van der Waals surface area contributed by atoms with Crippen molar-refractivity contribution in [1.29, 1.82) is 0 Å². The minimum atomic E-state index is -0.708. The van der Waals surface area contributed by atoms with E-state index in [2.05, 4.69) is 10.2 Å². The number of carbonyl (C=O) groups excluding carboxylic acids is 2. The van der Waals surface area contributed by atoms with Gasteiger partial charge < -0.3 is 19.9 Å². The van der Waals surface area contributed by atoms with Gasteiger partial charge in [0.1, 0.15) is 11.9 Å². The minimum absolute atomic E-state index is 0.146. The maximum atomic E-state index is 13.6. The maximum absolute atomic E-state index is 13.6. The lowest BCUT2D eigenvalue weighted by atomic mass is 9.99. The number of amides is 2. The maximum Gasteiger partial charge on any atom is 0.247 e. The van der Waals surface area contributed by atoms with Crippen LogP contribution in [0.2, 0.25) is 0 Å². The van der Waals surface area contributed by atoms with E-state index in [1.165, 1.54) is 12.1 Å². The van der Waals surface area contributed by atoms with E-state index in [-0.39, 0.29) is 36.5 Å². The second-order valence-electron chi connectivity index (χ2n) is 9.63. The van der Waals surface area contributed by atoms with Crippen LogP contribution in [0.25, 0.3) is 0 Å². The first-order valence-electron chi connectivity index (χ1n) is 12.7. The molecule has 3 aromatic carbocycles. The van der Waals surface area contributed by atoms with Crippen LogP contribution >= 0.6 is 0 Å². The van der Waals surface area contributed by atoms with Crippen molar-refractivity contribution in [2.75, 3.05) is 36.5 Å². The van der Waals surface area contributed by atoms with Crippen LogP contribution in [0.15, 0.2) is 78.9 Å². The molecule has 1 unspecified atom stereocenters. The molecule has 1 fully saturated rings. The predicted octanol–water partition coefficient (Wildman–Crippen LogP) is 4.90. The molecule has 7 heteroatoms. The lowest BCUT2D eigenvalue weighted by Gasteiger charge is -2.34. The van der Waals surface area contributed by atoms with Crippen molar-refractivity contribution in [3.05, 3.63) is 95.8 Å². The van der Waals surface area contributed by atoms with Crippen molar-refractivity contribution in [3.8, 4) is 0 Å². The van der Waals surface area contributed by atoms with E-state index in [1.54, 1.807) is 17.0 Å². The van der Waals surface area contributed by atoms with Gasteiger partial charge in [0.15, 0.2) is 0 Å². The Labute approximate surface area is 218 Å². The topological polar surface area (TPSA) is 61.9 Å². The van der Waals surface area contributed by atoms with Crippen LogP contribution in [0.5, 0.6) is 0 Å². The number of rotatable bonds is 9. The average Bonchev–Trinajstić information content (AvgIpc) is 2.91. The first-order valence-corrected chi connectivity index (χ1v) is 12.7. The quantitative estimate of drug-likeness (QED) is 0.451. The van der Waals surface area contributed by atoms with E-state index in [9.17, 15) is 14.0 Å². The number of anilines is 2. The number of benzene rings is 3. The fourth-order valence-electron chi connectivity index (χ4n) is 4.60. The molecule has 4 rings (SSSR count). The first-order chi connectivity index (χ1) is 17.9. The summed E-state index contributed by atoms with van der Waals surface area (Å²) >= 11 is 0. The van der Waals surface area contributed by atoms with Crippen LogP contribution < -0.4 is 10.2 Å². The largest absolute Gasteiger partial charge is 0.378 e. The lowest BCUT2D eigenvalue weighted by molar-refractivity contribution is -0.140. The van der Waals surface area contributed by atoms with Gasteiger partial charge in [-0.3, -0.25) is 9.59 Å². The molecule has 0 saturated carbocycles. The van der Waals surface area contributed by atoms with E-state index in [1.807, 2.05) is 68.4 Å². The minimum Gasteiger partial charge on any atom is -0.378 e. The van der Waals surface area contributed by atoms with Crippen molar-refractivity contribution in [2.24, 2.45) is 5.92 Å². The first kappa shape index (κ1) is 26.4. The van der Waals surface area contributed by atoms with Crippen LogP contribution in [0.3, 0.4) is 0 Å². The average molecular weight is 504 g/mol. The van der Waals surface area contributed by atoms with E-state index in [0.29, 0.717) is 18.9 Å². The Morgan fingerprint density at radius 1 is 0.919 bits per heavy atom. The van der Waals surface area contributed by atoms with Crippen LogP contribution in [0, 0.1) is 11.7 Å². The summed E-state index contributed by atoms with van der Waals surface area (Å²) in [5.74, 6) is -0.901. The molecule has 37 heavy (non-hydrogen) atoms. The third-order valence-corrected chi connectivity index (χ3v) is 6.53. The molecule has 0 radical (unpaired) electrons. The molecular formula is C30H34FN3O3. The van der Waals surface area contributed by atoms with Gasteiger partial charge in [0, 0.05) is 31.0 Å². The molecule has 0 bridgehead atoms. The van der Waals surface area contributed by atoms with E-state index < -0.39 is 6.04 Å². The zero-order valence-corrected chi connectivity index (χ0v) is 21.4. The Bertz CT molecular complexity index is 1160. The van der Waals surface area contributed by atoms with Gasteiger partial charge in [-0.25, -0.2) is 4.39 Å². The van der Waals surface area contributed by atoms with Crippen molar-refractivity contribution >= 4 is 23.2 Å². The van der Waals surface area contributed by atoms with Gasteiger partial charge in [-0.1, -0.05) is 56.3 Å². The smallest absolute Gasteiger partial charge is 0.247 e. The Morgan fingerprint density at radius 2 is 1.57 bits per heavy atom. The van der Waals surface area contributed by atoms with E-state index in [4.69, 9.17) is 4.74 Å². The molecule has 3 aromatic rings. The lowest BCUT2D eigenvalue weighted by Crippen LogP contribution is -2.50. The molecule has 1 N–H and O–H groups in total. The van der Waals surface area contributed by atoms with Crippen LogP contribution in [0.4, 0.5) is 15.8 Å². The number of hydrogen-bond donors (Lipinski definition) is 1. The highest BCUT2D eigenvalue weighted by Crippen LogP contribution is 2.22. The SMILES string of the molecule is CC(C)C(C(=O)Nc1ccc(N2CCOCC2)cc1)N(Cc1ccc(F)cc1)C(=O)Cc1ccccc1. The molecular weight excluding hydrogens is 469 g/mol. The Morgan fingerprint density at radius 3 is 2.19 bits per heavy atom. The van der Waals surface area contributed by atoms with Crippen molar-refractivity contribution in [3.63, 3.8) is 0 Å². The summed E-state index contributed by atoms with van der Waals surface area (Å²) in [6, 6.07) is 22.6. The molecule has 0 aliphatic carbocycles. The third kappa shape index (κ3) is 7.17. The molecule has 1 saturated heterocycles. The molecule has 2 amide bonds. The van der Waals surface area contributed by atoms with Crippen LogP contribution in [-0.2, 0) is 27.3 Å². The zero-order chi connectivity index (χ0) is 26.2. The number of hydrogen-bond acceptors (Lipinski definition) is 4. The van der Waals surface area contributed by atoms with Gasteiger partial charge in [-0.2, -0.15) is 0 Å². The molecule has 194 valence electrons. The van der Waals surface area contributed by atoms with Crippen molar-refractivity contribution in [1.82, 2.24) is 4.90 Å². The number of ether oxygens (including phenoxy) is 1. The molecule has 1 atom stereocenters. The molecule has 1 heterocycles. The zero-order valence-electron chi connectivity index (χ0n) is 21.4. The highest BCUT2D eigenvalue weighted by molar-refractivity contribution is 5.97. The highest BCUT2D eigenvalue weighted by Gasteiger charge is 2.32. The normalized spacial score (nSPS) is 14.3. The summed E-state index contributed by atoms with van der Waals surface area (Å²) in [6.45, 7) is 7.15. The van der Waals surface area contributed by atoms with Gasteiger partial charge in [0.25, 0.3) is 0 Å². The summed E-state index contributed by atoms with van der Waals surface area (Å²) in [7, 11) is 0. The number of nitrogens with zero attached hydrogens (tertiary/aromatic N) is 2. The standard InChI is InChI=1S/C30H34FN3O3/c1-22(2)29(30(36)32-26-12-14-27(15-13-26)33-16-18-37-19-17-33)34(21-24-8-10-25(31)11-9-24)28(35)20-23-6-4-3-5-7-23/h3-15,22,29H,16-21H2,1-2H3,(H,32,36). The Kier molecular flexibility index (Phi) is 8.90. The summed E-state index contributed by atoms with van der Waals surface area (Å²) < 4.78 is 18.9. The van der Waals surface area contributed by atoms with E-state index in [0.717, 1.165) is 29.9 Å². The van der Waals surface area contributed by atoms with Crippen LogP contribution in [-0.4, -0.2) is 49.1 Å². The van der Waals surface area contributed by atoms with Crippen molar-refractivity contribution < 1.29 is 18.7 Å². The Balaban J connectivity index is 1.54. The third-order valence-electron chi connectivity index (χ3n) is 6.53. The van der Waals surface area contributed by atoms with Gasteiger partial charge in [-0.15, -0.1) is 0 Å². The van der Waals surface area contributed by atoms with Crippen LogP contribution in [0.1, 0.15) is 25.0 Å². The van der Waals surface area contributed by atoms with Gasteiger partial charge in [-0.05, 0) is 53.4 Å². The second kappa shape index (κ2) is 12.5. The second-order valence-corrected chi connectivity index (χ2v) is 9.63. The summed E-state index contributed by atoms with van der Waals surface area (Å²) in [6.07, 6.45) is 0.173. The van der Waals surface area contributed by atoms with E-state index >= 15 is 0 Å². The summed E-state index contributed by atoms with van der Waals surface area (Å²) in [5, 5.41) is 3.01. The molecule has 0 aromatic heterocycles. The molecule has 1 aliphatic heterocycles. The van der Waals surface area contributed by atoms with Crippen molar-refractivity contribution in [2.45, 2.75) is 32.9 Å². The van der Waals surface area contributed by atoms with Gasteiger partial charge >= 0.3 is 0 Å². The summed E-state index contributed by atoms with van der Waals surface area (Å²) in [5.41, 5.74) is 3.39. The number of morpholine rings is 1. The highest BCUT2D eigenvalue weighted by atomic mass is 19.1. The van der Waals surface area contributed by atoms with Gasteiger partial charge in [0.05, 0.1) is 19.6 Å².